The van der Waals surface area contributed by atoms with Crippen LogP contribution in [0.15, 0.2) is 6.20 Å². The van der Waals surface area contributed by atoms with Gasteiger partial charge in [-0.3, -0.25) is 9.63 Å². The molecular weight excluding hydrogens is 188 g/mol. The van der Waals surface area contributed by atoms with Crippen LogP contribution < -0.4 is 5.48 Å². The van der Waals surface area contributed by atoms with Crippen LogP contribution in [-0.2, 0) is 4.84 Å². The topological polar surface area (TPSA) is 51.2 Å². The maximum Gasteiger partial charge on any atom is 0.286 e. The Morgan fingerprint density at radius 3 is 3.15 bits per heavy atom. The smallest absolute Gasteiger partial charge is 0.277 e. The lowest BCUT2D eigenvalue weighted by Gasteiger charge is -1.96. The lowest BCUT2D eigenvalue weighted by Crippen LogP contribution is -2.20. The molecule has 1 amide bonds. The van der Waals surface area contributed by atoms with E-state index in [2.05, 4.69) is 15.3 Å². The summed E-state index contributed by atoms with van der Waals surface area (Å²) in [4.78, 5) is 20.6. The fraction of sp³-hybridized carbons (Fsp3) is 0.500. The van der Waals surface area contributed by atoms with Gasteiger partial charge in [0.05, 0.1) is 18.3 Å². The van der Waals surface area contributed by atoms with E-state index in [-0.39, 0.29) is 5.91 Å². The maximum atomic E-state index is 11.2. The SMILES string of the molecule is CONC(=O)c1cnc(C2CC2)s1. The third-order valence-corrected chi connectivity index (χ3v) is 3.03. The zero-order chi connectivity index (χ0) is 9.26. The average molecular weight is 198 g/mol. The van der Waals surface area contributed by atoms with Crippen molar-refractivity contribution in [1.82, 2.24) is 10.5 Å². The molecule has 2 rings (SSSR count). The van der Waals surface area contributed by atoms with E-state index < -0.39 is 0 Å². The fourth-order valence-corrected chi connectivity index (χ4v) is 2.03. The van der Waals surface area contributed by atoms with Gasteiger partial charge in [-0.2, -0.15) is 0 Å². The zero-order valence-corrected chi connectivity index (χ0v) is 8.06. The molecule has 0 bridgehead atoms. The number of carbonyl (C=O) groups excluding carboxylic acids is 1. The summed E-state index contributed by atoms with van der Waals surface area (Å²) in [5, 5.41) is 1.07. The van der Waals surface area contributed by atoms with Crippen molar-refractivity contribution in [1.29, 1.82) is 0 Å². The van der Waals surface area contributed by atoms with E-state index in [4.69, 9.17) is 0 Å². The molecule has 0 atom stereocenters. The number of amides is 1. The summed E-state index contributed by atoms with van der Waals surface area (Å²) in [5.74, 6) is 0.390. The van der Waals surface area contributed by atoms with Gasteiger partial charge >= 0.3 is 0 Å². The number of nitrogens with one attached hydrogen (secondary N) is 1. The monoisotopic (exact) mass is 198 g/mol. The molecule has 1 saturated carbocycles. The van der Waals surface area contributed by atoms with Crippen LogP contribution in [-0.4, -0.2) is 18.0 Å². The van der Waals surface area contributed by atoms with E-state index in [1.165, 1.54) is 31.3 Å². The predicted molar refractivity (Wildman–Crippen MR) is 48.6 cm³/mol. The molecule has 0 aromatic carbocycles. The van der Waals surface area contributed by atoms with Crippen LogP contribution in [0.5, 0.6) is 0 Å². The number of hydroxylamine groups is 1. The van der Waals surface area contributed by atoms with Crippen molar-refractivity contribution in [2.45, 2.75) is 18.8 Å². The van der Waals surface area contributed by atoms with E-state index >= 15 is 0 Å². The number of nitrogens with zero attached hydrogens (tertiary/aromatic N) is 1. The third kappa shape index (κ3) is 1.87. The first-order valence-electron chi connectivity index (χ1n) is 4.10. The molecule has 1 aliphatic rings. The Labute approximate surface area is 79.9 Å². The van der Waals surface area contributed by atoms with Crippen LogP contribution in [0, 0.1) is 0 Å². The first kappa shape index (κ1) is 8.65. The Morgan fingerprint density at radius 1 is 1.77 bits per heavy atom. The molecule has 1 N–H and O–H groups in total. The number of hydrogen-bond acceptors (Lipinski definition) is 4. The van der Waals surface area contributed by atoms with E-state index in [1.54, 1.807) is 6.20 Å². The summed E-state index contributed by atoms with van der Waals surface area (Å²) in [6.07, 6.45) is 4.02. The van der Waals surface area contributed by atoms with Crippen molar-refractivity contribution in [2.75, 3.05) is 7.11 Å². The van der Waals surface area contributed by atoms with Gasteiger partial charge in [0.1, 0.15) is 4.88 Å². The molecule has 0 unspecified atom stereocenters. The largest absolute Gasteiger partial charge is 0.286 e. The van der Waals surface area contributed by atoms with Crippen LogP contribution in [0.1, 0.15) is 33.4 Å². The highest BCUT2D eigenvalue weighted by atomic mass is 32.1. The maximum absolute atomic E-state index is 11.2. The first-order valence-corrected chi connectivity index (χ1v) is 4.92. The minimum atomic E-state index is -0.216. The van der Waals surface area contributed by atoms with E-state index in [0.717, 1.165) is 5.01 Å². The van der Waals surface area contributed by atoms with Gasteiger partial charge in [-0.05, 0) is 12.8 Å². The van der Waals surface area contributed by atoms with Crippen molar-refractivity contribution in [3.63, 3.8) is 0 Å². The number of aromatic nitrogens is 1. The molecule has 0 radical (unpaired) electrons. The van der Waals surface area contributed by atoms with Crippen molar-refractivity contribution < 1.29 is 9.63 Å². The van der Waals surface area contributed by atoms with Gasteiger partial charge in [-0.25, -0.2) is 10.5 Å². The summed E-state index contributed by atoms with van der Waals surface area (Å²) in [7, 11) is 1.42. The van der Waals surface area contributed by atoms with Crippen LogP contribution in [0.2, 0.25) is 0 Å². The van der Waals surface area contributed by atoms with Gasteiger partial charge in [0.25, 0.3) is 5.91 Å². The minimum Gasteiger partial charge on any atom is -0.277 e. The van der Waals surface area contributed by atoms with Gasteiger partial charge < -0.3 is 0 Å². The molecule has 0 saturated heterocycles. The Kier molecular flexibility index (Phi) is 2.28. The number of rotatable bonds is 3. The summed E-state index contributed by atoms with van der Waals surface area (Å²) in [5.41, 5.74) is 2.27. The van der Waals surface area contributed by atoms with Crippen LogP contribution in [0.4, 0.5) is 0 Å². The number of hydrogen-bond donors (Lipinski definition) is 1. The molecule has 5 heteroatoms. The number of thiazole rings is 1. The number of carbonyl (C=O) groups is 1. The molecule has 0 spiro atoms. The van der Waals surface area contributed by atoms with Gasteiger partial charge in [0.2, 0.25) is 0 Å². The minimum absolute atomic E-state index is 0.216. The summed E-state index contributed by atoms with van der Waals surface area (Å²) >= 11 is 1.45. The van der Waals surface area contributed by atoms with E-state index in [9.17, 15) is 4.79 Å². The summed E-state index contributed by atoms with van der Waals surface area (Å²) in [6, 6.07) is 0. The van der Waals surface area contributed by atoms with Crippen molar-refractivity contribution >= 4 is 17.2 Å². The third-order valence-electron chi connectivity index (χ3n) is 1.87. The Balaban J connectivity index is 2.07. The Morgan fingerprint density at radius 2 is 2.54 bits per heavy atom. The molecule has 1 aromatic rings. The normalized spacial score (nSPS) is 15.8. The Bertz CT molecular complexity index is 320. The average Bonchev–Trinajstić information content (AvgIpc) is 2.84. The van der Waals surface area contributed by atoms with Crippen LogP contribution >= 0.6 is 11.3 Å². The fourth-order valence-electron chi connectivity index (χ4n) is 1.05. The van der Waals surface area contributed by atoms with Crippen LogP contribution in [0.25, 0.3) is 0 Å². The molecule has 1 heterocycles. The Hall–Kier alpha value is -0.940. The zero-order valence-electron chi connectivity index (χ0n) is 7.24. The standard InChI is InChI=1S/C8H10N2O2S/c1-12-10-7(11)6-4-9-8(13-6)5-2-3-5/h4-5H,2-3H2,1H3,(H,10,11). The van der Waals surface area contributed by atoms with Gasteiger partial charge in [-0.15, -0.1) is 11.3 Å². The molecule has 1 aliphatic carbocycles. The van der Waals surface area contributed by atoms with Crippen LogP contribution in [0.3, 0.4) is 0 Å². The highest BCUT2D eigenvalue weighted by Crippen LogP contribution is 2.41. The lowest BCUT2D eigenvalue weighted by molar-refractivity contribution is 0.0542. The van der Waals surface area contributed by atoms with E-state index in [1.807, 2.05) is 0 Å². The summed E-state index contributed by atoms with van der Waals surface area (Å²) < 4.78 is 0. The molecule has 13 heavy (non-hydrogen) atoms. The molecule has 70 valence electrons. The highest BCUT2D eigenvalue weighted by Gasteiger charge is 2.27. The molecule has 4 nitrogen and oxygen atoms in total. The van der Waals surface area contributed by atoms with Gasteiger partial charge in [0, 0.05) is 5.92 Å². The second-order valence-electron chi connectivity index (χ2n) is 2.97. The molecule has 0 aliphatic heterocycles. The second kappa shape index (κ2) is 3.43. The first-order chi connectivity index (χ1) is 6.31. The quantitative estimate of drug-likeness (QED) is 0.745. The molecule has 1 fully saturated rings. The summed E-state index contributed by atoms with van der Waals surface area (Å²) in [6.45, 7) is 0. The predicted octanol–water partition coefficient (Wildman–Crippen LogP) is 1.31. The highest BCUT2D eigenvalue weighted by molar-refractivity contribution is 7.13. The van der Waals surface area contributed by atoms with Crippen molar-refractivity contribution in [2.24, 2.45) is 0 Å². The van der Waals surface area contributed by atoms with Gasteiger partial charge in [-0.1, -0.05) is 0 Å². The van der Waals surface area contributed by atoms with Crippen molar-refractivity contribution in [3.8, 4) is 0 Å². The van der Waals surface area contributed by atoms with E-state index in [0.29, 0.717) is 10.8 Å². The van der Waals surface area contributed by atoms with Gasteiger partial charge in [0.15, 0.2) is 0 Å². The van der Waals surface area contributed by atoms with Crippen molar-refractivity contribution in [3.05, 3.63) is 16.1 Å². The molecule has 1 aromatic heterocycles. The molecular formula is C8H10N2O2S. The second-order valence-corrected chi connectivity index (χ2v) is 4.03. The lowest BCUT2D eigenvalue weighted by atomic mass is 10.5.